The molecule has 0 saturated carbocycles. The molecule has 0 aliphatic heterocycles. The number of aryl methyl sites for hydroxylation is 1. The van der Waals surface area contributed by atoms with Gasteiger partial charge in [0.05, 0.1) is 0 Å². The van der Waals surface area contributed by atoms with Crippen LogP contribution in [0.15, 0.2) is 24.3 Å². The minimum atomic E-state index is 0.648. The second kappa shape index (κ2) is 8.55. The second-order valence-corrected chi connectivity index (χ2v) is 5.18. The van der Waals surface area contributed by atoms with Gasteiger partial charge in [-0.3, -0.25) is 4.90 Å². The topological polar surface area (TPSA) is 3.24 Å². The molecule has 0 spiro atoms. The van der Waals surface area contributed by atoms with E-state index in [1.165, 1.54) is 24.0 Å². The highest BCUT2D eigenvalue weighted by Crippen LogP contribution is 2.14. The van der Waals surface area contributed by atoms with Crippen LogP contribution in [0.25, 0.3) is 0 Å². The normalized spacial score (nSPS) is 11.4. The van der Waals surface area contributed by atoms with Crippen LogP contribution in [0, 0.1) is 0 Å². The predicted molar refractivity (Wildman–Crippen MR) is 81.3 cm³/mol. The van der Waals surface area contributed by atoms with Crippen molar-refractivity contribution in [2.24, 2.45) is 0 Å². The average Bonchev–Trinajstić information content (AvgIpc) is 2.41. The van der Waals surface area contributed by atoms with Crippen molar-refractivity contribution in [3.63, 3.8) is 0 Å². The zero-order valence-corrected chi connectivity index (χ0v) is 12.7. The van der Waals surface area contributed by atoms with E-state index in [0.717, 1.165) is 19.5 Å². The molecule has 2 heteroatoms. The fraction of sp³-hybridized carbons (Fsp3) is 0.625. The van der Waals surface area contributed by atoms with Gasteiger partial charge in [-0.1, -0.05) is 45.0 Å². The molecular formula is C16H26ClN. The van der Waals surface area contributed by atoms with E-state index in [1.54, 1.807) is 0 Å². The number of nitrogens with zero attached hydrogens (tertiary/aromatic N) is 1. The SMILES string of the molecule is CCc1ccc(CN(CCCl)C(CC)CC)cc1. The van der Waals surface area contributed by atoms with Crippen LogP contribution in [0.1, 0.15) is 44.7 Å². The van der Waals surface area contributed by atoms with Crippen LogP contribution in [0.3, 0.4) is 0 Å². The highest BCUT2D eigenvalue weighted by molar-refractivity contribution is 6.18. The second-order valence-electron chi connectivity index (χ2n) is 4.80. The number of hydrogen-bond acceptors (Lipinski definition) is 1. The molecule has 1 nitrogen and oxygen atoms in total. The molecule has 0 aliphatic rings. The molecule has 102 valence electrons. The van der Waals surface area contributed by atoms with Crippen molar-refractivity contribution in [1.82, 2.24) is 4.90 Å². The minimum absolute atomic E-state index is 0.648. The number of alkyl halides is 1. The number of rotatable bonds is 8. The first-order chi connectivity index (χ1) is 8.74. The smallest absolute Gasteiger partial charge is 0.0351 e. The van der Waals surface area contributed by atoms with Crippen LogP contribution in [0.5, 0.6) is 0 Å². The first-order valence-corrected chi connectivity index (χ1v) is 7.66. The summed E-state index contributed by atoms with van der Waals surface area (Å²) >= 11 is 5.93. The maximum atomic E-state index is 5.93. The summed E-state index contributed by atoms with van der Waals surface area (Å²) in [4.78, 5) is 2.51. The Morgan fingerprint density at radius 1 is 1.00 bits per heavy atom. The predicted octanol–water partition coefficient (Wildman–Crippen LogP) is 4.48. The van der Waals surface area contributed by atoms with Crippen LogP contribution < -0.4 is 0 Å². The molecule has 0 fully saturated rings. The number of hydrogen-bond donors (Lipinski definition) is 0. The summed E-state index contributed by atoms with van der Waals surface area (Å²) in [7, 11) is 0. The fourth-order valence-electron chi connectivity index (χ4n) is 2.42. The lowest BCUT2D eigenvalue weighted by molar-refractivity contribution is 0.188. The number of benzene rings is 1. The van der Waals surface area contributed by atoms with Crippen LogP contribution >= 0.6 is 11.6 Å². The molecule has 0 heterocycles. The first kappa shape index (κ1) is 15.5. The Kier molecular flexibility index (Phi) is 7.38. The van der Waals surface area contributed by atoms with Gasteiger partial charge in [0, 0.05) is 25.0 Å². The third-order valence-corrected chi connectivity index (χ3v) is 3.82. The van der Waals surface area contributed by atoms with Gasteiger partial charge in [-0.25, -0.2) is 0 Å². The summed E-state index contributed by atoms with van der Waals surface area (Å²) in [6, 6.07) is 9.63. The Balaban J connectivity index is 2.69. The highest BCUT2D eigenvalue weighted by atomic mass is 35.5. The summed E-state index contributed by atoms with van der Waals surface area (Å²) < 4.78 is 0. The summed E-state index contributed by atoms with van der Waals surface area (Å²) in [6.45, 7) is 8.71. The maximum absolute atomic E-state index is 5.93. The van der Waals surface area contributed by atoms with E-state index in [2.05, 4.69) is 49.9 Å². The van der Waals surface area contributed by atoms with Gasteiger partial charge >= 0.3 is 0 Å². The van der Waals surface area contributed by atoms with E-state index < -0.39 is 0 Å². The third-order valence-electron chi connectivity index (χ3n) is 3.65. The molecule has 0 aliphatic carbocycles. The standard InChI is InChI=1S/C16H26ClN/c1-4-14-7-9-15(10-8-14)13-18(12-11-17)16(5-2)6-3/h7-10,16H,4-6,11-13H2,1-3H3. The van der Waals surface area contributed by atoms with Crippen LogP contribution in [0.4, 0.5) is 0 Å². The number of halogens is 1. The molecule has 1 rings (SSSR count). The van der Waals surface area contributed by atoms with Crippen LogP contribution in [-0.2, 0) is 13.0 Å². The summed E-state index contributed by atoms with van der Waals surface area (Å²) in [5, 5.41) is 0. The van der Waals surface area contributed by atoms with E-state index in [1.807, 2.05) is 0 Å². The van der Waals surface area contributed by atoms with Gasteiger partial charge in [0.15, 0.2) is 0 Å². The monoisotopic (exact) mass is 267 g/mol. The van der Waals surface area contributed by atoms with Crippen LogP contribution in [0.2, 0.25) is 0 Å². The lowest BCUT2D eigenvalue weighted by atomic mass is 10.1. The zero-order chi connectivity index (χ0) is 13.4. The van der Waals surface area contributed by atoms with Crippen molar-refractivity contribution in [2.75, 3.05) is 12.4 Å². The molecule has 0 radical (unpaired) electrons. The Bertz CT molecular complexity index is 316. The lowest BCUT2D eigenvalue weighted by Crippen LogP contribution is -2.35. The zero-order valence-electron chi connectivity index (χ0n) is 12.0. The molecule has 1 aromatic rings. The minimum Gasteiger partial charge on any atom is -0.295 e. The molecule has 0 N–H and O–H groups in total. The van der Waals surface area contributed by atoms with Gasteiger partial charge in [0.25, 0.3) is 0 Å². The van der Waals surface area contributed by atoms with E-state index >= 15 is 0 Å². The molecule has 18 heavy (non-hydrogen) atoms. The molecular weight excluding hydrogens is 242 g/mol. The molecule has 0 unspecified atom stereocenters. The molecule has 1 aromatic carbocycles. The largest absolute Gasteiger partial charge is 0.295 e. The Hall–Kier alpha value is -0.530. The summed E-state index contributed by atoms with van der Waals surface area (Å²) in [5.74, 6) is 0.712. The van der Waals surface area contributed by atoms with Gasteiger partial charge in [0.2, 0.25) is 0 Å². The molecule has 0 aromatic heterocycles. The van der Waals surface area contributed by atoms with Crippen LogP contribution in [-0.4, -0.2) is 23.4 Å². The van der Waals surface area contributed by atoms with Crippen molar-refractivity contribution in [3.8, 4) is 0 Å². The highest BCUT2D eigenvalue weighted by Gasteiger charge is 2.14. The van der Waals surface area contributed by atoms with Crippen molar-refractivity contribution >= 4 is 11.6 Å². The van der Waals surface area contributed by atoms with Crippen molar-refractivity contribution in [1.29, 1.82) is 0 Å². The molecule has 0 bridgehead atoms. The maximum Gasteiger partial charge on any atom is 0.0351 e. The van der Waals surface area contributed by atoms with Gasteiger partial charge in [-0.15, -0.1) is 11.6 Å². The van der Waals surface area contributed by atoms with Gasteiger partial charge < -0.3 is 0 Å². The van der Waals surface area contributed by atoms with E-state index in [-0.39, 0.29) is 0 Å². The fourth-order valence-corrected chi connectivity index (χ4v) is 2.64. The van der Waals surface area contributed by atoms with E-state index in [4.69, 9.17) is 11.6 Å². The average molecular weight is 268 g/mol. The Morgan fingerprint density at radius 2 is 1.56 bits per heavy atom. The Morgan fingerprint density at radius 3 is 2.00 bits per heavy atom. The van der Waals surface area contributed by atoms with Gasteiger partial charge in [-0.2, -0.15) is 0 Å². The molecule has 0 atom stereocenters. The quantitative estimate of drug-likeness (QED) is 0.628. The van der Waals surface area contributed by atoms with Gasteiger partial charge in [-0.05, 0) is 30.4 Å². The lowest BCUT2D eigenvalue weighted by Gasteiger charge is -2.29. The summed E-state index contributed by atoms with van der Waals surface area (Å²) in [6.07, 6.45) is 3.50. The van der Waals surface area contributed by atoms with Gasteiger partial charge in [0.1, 0.15) is 0 Å². The van der Waals surface area contributed by atoms with E-state index in [9.17, 15) is 0 Å². The van der Waals surface area contributed by atoms with E-state index in [0.29, 0.717) is 11.9 Å². The molecule has 0 amide bonds. The third kappa shape index (κ3) is 4.62. The first-order valence-electron chi connectivity index (χ1n) is 7.12. The van der Waals surface area contributed by atoms with Crippen molar-refractivity contribution in [2.45, 2.75) is 52.6 Å². The summed E-state index contributed by atoms with van der Waals surface area (Å²) in [5.41, 5.74) is 2.80. The van der Waals surface area contributed by atoms with Crippen molar-refractivity contribution < 1.29 is 0 Å². The Labute approximate surface area is 117 Å². The van der Waals surface area contributed by atoms with Crippen molar-refractivity contribution in [3.05, 3.63) is 35.4 Å². The molecule has 0 saturated heterocycles.